The highest BCUT2D eigenvalue weighted by Gasteiger charge is 2.57. The van der Waals surface area contributed by atoms with Crippen LogP contribution >= 0.6 is 20.0 Å². The van der Waals surface area contributed by atoms with Crippen molar-refractivity contribution < 1.29 is 42.3 Å². The number of hydrogen-bond acceptors (Lipinski definition) is 10. The van der Waals surface area contributed by atoms with Gasteiger partial charge in [-0.3, -0.25) is 28.2 Å². The number of alkyl halides is 1. The van der Waals surface area contributed by atoms with Gasteiger partial charge in [0.2, 0.25) is 0 Å². The van der Waals surface area contributed by atoms with Crippen LogP contribution in [0.5, 0.6) is 0 Å². The van der Waals surface area contributed by atoms with Gasteiger partial charge in [-0.1, -0.05) is 12.7 Å². The van der Waals surface area contributed by atoms with Gasteiger partial charge in [0.1, 0.15) is 24.6 Å². The summed E-state index contributed by atoms with van der Waals surface area (Å²) >= 11 is 4.93. The molecular formula is C16H20FN2O9PS. The van der Waals surface area contributed by atoms with Crippen LogP contribution < -0.4 is 5.56 Å². The third-order valence-electron chi connectivity index (χ3n) is 4.00. The SMILES string of the molecule is C=C(/C=C\C)OP(=O)(OC)OC[C@@]1(F)O[C@@H](n2cc(C=O)c(=O)[nH]c2=S)[C@H](O)[C@@H]1O. The van der Waals surface area contributed by atoms with Crippen molar-refractivity contribution in [2.45, 2.75) is 31.2 Å². The second-order valence-electron chi connectivity index (χ2n) is 6.06. The third kappa shape index (κ3) is 5.01. The number of aromatic amines is 1. The van der Waals surface area contributed by atoms with E-state index in [4.69, 9.17) is 26.0 Å². The standard InChI is InChI=1S/C16H20FN2O9PS/c1-4-5-9(2)28-29(24,25-3)26-8-16(17)12(22)11(21)14(27-16)19-6-10(7-20)13(23)18-15(19)30/h4-7,11-12,14,21-22H,2,8H2,1,3H3,(H,18,23,30)/b5-4-/t11-,12+,14-,16-,29?/m1/s1. The van der Waals surface area contributed by atoms with Crippen LogP contribution in [0.2, 0.25) is 0 Å². The summed E-state index contributed by atoms with van der Waals surface area (Å²) in [6.45, 7) is 3.93. The van der Waals surface area contributed by atoms with Gasteiger partial charge in [-0.2, -0.15) is 0 Å². The summed E-state index contributed by atoms with van der Waals surface area (Å²) in [5.41, 5.74) is -1.17. The minimum Gasteiger partial charge on any atom is -0.405 e. The van der Waals surface area contributed by atoms with E-state index in [0.717, 1.165) is 17.9 Å². The summed E-state index contributed by atoms with van der Waals surface area (Å²) in [6, 6.07) is 0. The van der Waals surface area contributed by atoms with Crippen LogP contribution in [-0.2, 0) is 22.9 Å². The van der Waals surface area contributed by atoms with Crippen LogP contribution in [0.4, 0.5) is 4.39 Å². The highest BCUT2D eigenvalue weighted by molar-refractivity contribution is 7.71. The molecule has 5 atom stereocenters. The minimum atomic E-state index is -4.33. The van der Waals surface area contributed by atoms with Gasteiger partial charge < -0.3 is 19.5 Å². The smallest absolute Gasteiger partial charge is 0.405 e. The number of aromatic nitrogens is 2. The number of allylic oxidation sites excluding steroid dienone is 2. The number of H-pyrrole nitrogens is 1. The lowest BCUT2D eigenvalue weighted by molar-refractivity contribution is -0.205. The first-order valence-electron chi connectivity index (χ1n) is 8.35. The number of ether oxygens (including phenoxy) is 1. The first kappa shape index (κ1) is 24.3. The lowest BCUT2D eigenvalue weighted by Crippen LogP contribution is -2.42. The first-order chi connectivity index (χ1) is 14.0. The van der Waals surface area contributed by atoms with Gasteiger partial charge in [0.25, 0.3) is 11.4 Å². The number of aliphatic hydroxyl groups is 2. The molecule has 1 aromatic rings. The molecule has 1 saturated heterocycles. The predicted molar refractivity (Wildman–Crippen MR) is 103 cm³/mol. The Bertz CT molecular complexity index is 1010. The largest absolute Gasteiger partial charge is 0.529 e. The molecule has 0 spiro atoms. The highest BCUT2D eigenvalue weighted by Crippen LogP contribution is 2.52. The number of hydrogen-bond donors (Lipinski definition) is 3. The summed E-state index contributed by atoms with van der Waals surface area (Å²) in [5, 5.41) is 20.4. The normalized spacial score (nSPS) is 28.4. The first-order valence-corrected chi connectivity index (χ1v) is 10.2. The second kappa shape index (κ2) is 9.43. The Labute approximate surface area is 175 Å². The Morgan fingerprint density at radius 2 is 2.23 bits per heavy atom. The molecule has 2 heterocycles. The summed E-state index contributed by atoms with van der Waals surface area (Å²) in [5.74, 6) is -3.17. The molecule has 1 aromatic heterocycles. The van der Waals surface area contributed by atoms with Gasteiger partial charge in [-0.25, -0.2) is 8.96 Å². The Balaban J connectivity index is 2.26. The van der Waals surface area contributed by atoms with Crippen LogP contribution in [0.1, 0.15) is 23.5 Å². The molecule has 11 nitrogen and oxygen atoms in total. The number of phosphoric acid groups is 1. The topological polar surface area (TPSA) is 149 Å². The van der Waals surface area contributed by atoms with E-state index in [1.807, 2.05) is 0 Å². The zero-order valence-electron chi connectivity index (χ0n) is 15.9. The number of aldehydes is 1. The Kier molecular flexibility index (Phi) is 7.64. The van der Waals surface area contributed by atoms with Crippen molar-refractivity contribution in [3.8, 4) is 0 Å². The molecular weight excluding hydrogens is 446 g/mol. The van der Waals surface area contributed by atoms with Crippen molar-refractivity contribution in [3.05, 3.63) is 51.4 Å². The molecule has 1 unspecified atom stereocenters. The lowest BCUT2D eigenvalue weighted by Gasteiger charge is -2.25. The number of phosphoric ester groups is 1. The highest BCUT2D eigenvalue weighted by atomic mass is 32.1. The van der Waals surface area contributed by atoms with Crippen LogP contribution in [-0.4, -0.2) is 57.8 Å². The molecule has 0 aliphatic carbocycles. The van der Waals surface area contributed by atoms with Crippen molar-refractivity contribution in [3.63, 3.8) is 0 Å². The number of carbonyl (C=O) groups is 1. The molecule has 0 aromatic carbocycles. The molecule has 14 heteroatoms. The molecule has 30 heavy (non-hydrogen) atoms. The molecule has 1 fully saturated rings. The van der Waals surface area contributed by atoms with E-state index in [-0.39, 0.29) is 22.4 Å². The monoisotopic (exact) mass is 466 g/mol. The summed E-state index contributed by atoms with van der Waals surface area (Å²) in [6.07, 6.45) is -1.67. The van der Waals surface area contributed by atoms with Crippen molar-refractivity contribution in [2.24, 2.45) is 0 Å². The van der Waals surface area contributed by atoms with E-state index >= 15 is 4.39 Å². The fourth-order valence-electron chi connectivity index (χ4n) is 2.51. The number of nitrogens with zero attached hydrogens (tertiary/aromatic N) is 1. The average molecular weight is 466 g/mol. The number of nitrogens with one attached hydrogen (secondary N) is 1. The fraction of sp³-hybridized carbons (Fsp3) is 0.438. The molecule has 0 bridgehead atoms. The van der Waals surface area contributed by atoms with Crippen LogP contribution in [0.3, 0.4) is 0 Å². The number of carbonyl (C=O) groups excluding carboxylic acids is 1. The summed E-state index contributed by atoms with van der Waals surface area (Å²) in [7, 11) is -3.35. The summed E-state index contributed by atoms with van der Waals surface area (Å²) < 4.78 is 47.8. The van der Waals surface area contributed by atoms with Crippen molar-refractivity contribution >= 4 is 26.3 Å². The number of halogens is 1. The van der Waals surface area contributed by atoms with Crippen LogP contribution in [0, 0.1) is 4.77 Å². The molecule has 0 radical (unpaired) electrons. The molecule has 0 amide bonds. The molecule has 166 valence electrons. The maximum absolute atomic E-state index is 15.2. The Morgan fingerprint density at radius 3 is 2.80 bits per heavy atom. The van der Waals surface area contributed by atoms with Crippen molar-refractivity contribution in [1.82, 2.24) is 9.55 Å². The van der Waals surface area contributed by atoms with E-state index in [2.05, 4.69) is 16.1 Å². The van der Waals surface area contributed by atoms with E-state index in [9.17, 15) is 24.4 Å². The zero-order chi connectivity index (χ0) is 22.7. The second-order valence-corrected chi connectivity index (χ2v) is 8.15. The van der Waals surface area contributed by atoms with Crippen LogP contribution in [0.15, 0.2) is 35.5 Å². The molecule has 0 saturated carbocycles. The maximum Gasteiger partial charge on any atom is 0.529 e. The lowest BCUT2D eigenvalue weighted by atomic mass is 10.1. The van der Waals surface area contributed by atoms with E-state index in [1.165, 1.54) is 12.2 Å². The van der Waals surface area contributed by atoms with E-state index in [0.29, 0.717) is 0 Å². The van der Waals surface area contributed by atoms with Gasteiger partial charge in [-0.15, -0.1) is 0 Å². The van der Waals surface area contributed by atoms with E-state index in [1.54, 1.807) is 6.92 Å². The molecule has 1 aliphatic heterocycles. The quantitative estimate of drug-likeness (QED) is 0.161. The van der Waals surface area contributed by atoms with Gasteiger partial charge in [-0.05, 0) is 25.2 Å². The third-order valence-corrected chi connectivity index (χ3v) is 5.66. The number of rotatable bonds is 9. The molecule has 3 N–H and O–H groups in total. The summed E-state index contributed by atoms with van der Waals surface area (Å²) in [4.78, 5) is 24.7. The maximum atomic E-state index is 15.2. The Hall–Kier alpha value is -1.99. The van der Waals surface area contributed by atoms with Gasteiger partial charge >= 0.3 is 7.82 Å². The number of aliphatic hydroxyl groups excluding tert-OH is 2. The predicted octanol–water partition coefficient (Wildman–Crippen LogP) is 1.51. The van der Waals surface area contributed by atoms with Gasteiger partial charge in [0, 0.05) is 13.3 Å². The molecule has 2 rings (SSSR count). The zero-order valence-corrected chi connectivity index (χ0v) is 17.6. The minimum absolute atomic E-state index is 0.0951. The van der Waals surface area contributed by atoms with Crippen molar-refractivity contribution in [1.29, 1.82) is 0 Å². The van der Waals surface area contributed by atoms with Gasteiger partial charge in [0.05, 0.1) is 5.56 Å². The van der Waals surface area contributed by atoms with Crippen molar-refractivity contribution in [2.75, 3.05) is 13.7 Å². The van der Waals surface area contributed by atoms with E-state index < -0.39 is 44.3 Å². The average Bonchev–Trinajstić information content (AvgIpc) is 2.91. The van der Waals surface area contributed by atoms with Gasteiger partial charge in [0.15, 0.2) is 17.3 Å². The fourth-order valence-corrected chi connectivity index (χ4v) is 3.67. The van der Waals surface area contributed by atoms with Crippen LogP contribution in [0.25, 0.3) is 0 Å². The Morgan fingerprint density at radius 1 is 1.57 bits per heavy atom. The molecule has 1 aliphatic rings.